The average molecular weight is 171 g/mol. The van der Waals surface area contributed by atoms with Crippen molar-refractivity contribution in [2.45, 2.75) is 25.8 Å². The molecular formula is C8H13NO3. The van der Waals surface area contributed by atoms with Crippen LogP contribution < -0.4 is 5.32 Å². The summed E-state index contributed by atoms with van der Waals surface area (Å²) in [7, 11) is 1.33. The molecular weight excluding hydrogens is 158 g/mol. The first-order valence-corrected chi connectivity index (χ1v) is 4.00. The van der Waals surface area contributed by atoms with E-state index in [9.17, 15) is 9.59 Å². The second-order valence-corrected chi connectivity index (χ2v) is 3.19. The molecule has 0 aromatic rings. The third-order valence-corrected chi connectivity index (χ3v) is 1.99. The van der Waals surface area contributed by atoms with Crippen LogP contribution in [0, 0.1) is 5.92 Å². The summed E-state index contributed by atoms with van der Waals surface area (Å²) in [6.07, 6.45) is 1.19. The first kappa shape index (κ1) is 9.03. The average Bonchev–Trinajstić information content (AvgIpc) is 2.01. The van der Waals surface area contributed by atoms with E-state index in [2.05, 4.69) is 10.1 Å². The number of esters is 1. The van der Waals surface area contributed by atoms with Crippen molar-refractivity contribution in [3.05, 3.63) is 0 Å². The smallest absolute Gasteiger partial charge is 0.328 e. The number of nitrogens with one attached hydrogen (secondary N) is 1. The molecule has 1 saturated heterocycles. The standard InChI is InChI=1S/C8H13NO3/c1-5-3-6(8(11)12-2)9-7(10)4-5/h5-6H,3-4H2,1-2H3,(H,9,10). The second kappa shape index (κ2) is 3.56. The summed E-state index contributed by atoms with van der Waals surface area (Å²) in [6, 6.07) is -0.439. The molecule has 0 aromatic carbocycles. The first-order chi connectivity index (χ1) is 5.63. The minimum absolute atomic E-state index is 0.0656. The molecule has 1 aliphatic rings. The van der Waals surface area contributed by atoms with Gasteiger partial charge < -0.3 is 10.1 Å². The lowest BCUT2D eigenvalue weighted by atomic mass is 9.94. The molecule has 1 N–H and O–H groups in total. The highest BCUT2D eigenvalue weighted by Crippen LogP contribution is 2.16. The summed E-state index contributed by atoms with van der Waals surface area (Å²) in [6.45, 7) is 1.95. The van der Waals surface area contributed by atoms with Crippen molar-refractivity contribution < 1.29 is 14.3 Å². The van der Waals surface area contributed by atoms with E-state index in [0.717, 1.165) is 0 Å². The van der Waals surface area contributed by atoms with Gasteiger partial charge in [0.15, 0.2) is 0 Å². The van der Waals surface area contributed by atoms with Gasteiger partial charge in [-0.1, -0.05) is 6.92 Å². The Morgan fingerprint density at radius 1 is 1.67 bits per heavy atom. The number of methoxy groups -OCH3 is 1. The van der Waals surface area contributed by atoms with Gasteiger partial charge in [0.05, 0.1) is 7.11 Å². The first-order valence-electron chi connectivity index (χ1n) is 4.00. The highest BCUT2D eigenvalue weighted by Gasteiger charge is 2.29. The molecule has 0 radical (unpaired) electrons. The number of hydrogen-bond donors (Lipinski definition) is 1. The fourth-order valence-corrected chi connectivity index (χ4v) is 1.41. The number of hydrogen-bond acceptors (Lipinski definition) is 3. The molecule has 0 bridgehead atoms. The Kier molecular flexibility index (Phi) is 2.68. The minimum atomic E-state index is -0.439. The highest BCUT2D eigenvalue weighted by atomic mass is 16.5. The van der Waals surface area contributed by atoms with Crippen LogP contribution in [0.2, 0.25) is 0 Å². The molecule has 0 spiro atoms. The van der Waals surface area contributed by atoms with E-state index in [-0.39, 0.29) is 17.8 Å². The van der Waals surface area contributed by atoms with Crippen LogP contribution in [-0.2, 0) is 14.3 Å². The van der Waals surface area contributed by atoms with Gasteiger partial charge in [0.25, 0.3) is 0 Å². The predicted molar refractivity (Wildman–Crippen MR) is 42.3 cm³/mol. The summed E-state index contributed by atoms with van der Waals surface area (Å²) in [5.74, 6) is -0.151. The maximum absolute atomic E-state index is 11.0. The molecule has 1 heterocycles. The topological polar surface area (TPSA) is 55.4 Å². The van der Waals surface area contributed by atoms with E-state index in [1.165, 1.54) is 7.11 Å². The Labute approximate surface area is 71.3 Å². The van der Waals surface area contributed by atoms with Crippen molar-refractivity contribution in [1.29, 1.82) is 0 Å². The highest BCUT2D eigenvalue weighted by molar-refractivity contribution is 5.85. The number of carbonyl (C=O) groups excluding carboxylic acids is 2. The zero-order chi connectivity index (χ0) is 9.14. The van der Waals surface area contributed by atoms with E-state index < -0.39 is 6.04 Å². The molecule has 4 heteroatoms. The molecule has 2 atom stereocenters. The van der Waals surface area contributed by atoms with Crippen molar-refractivity contribution >= 4 is 11.9 Å². The van der Waals surface area contributed by atoms with Crippen LogP contribution in [0.4, 0.5) is 0 Å². The van der Waals surface area contributed by atoms with E-state index in [4.69, 9.17) is 0 Å². The molecule has 4 nitrogen and oxygen atoms in total. The molecule has 68 valence electrons. The van der Waals surface area contributed by atoms with Crippen LogP contribution in [0.25, 0.3) is 0 Å². The summed E-state index contributed by atoms with van der Waals surface area (Å²) in [5.41, 5.74) is 0. The SMILES string of the molecule is COC(=O)C1CC(C)CC(=O)N1. The van der Waals surface area contributed by atoms with Crippen LogP contribution in [0.3, 0.4) is 0 Å². The Morgan fingerprint density at radius 3 is 2.83 bits per heavy atom. The van der Waals surface area contributed by atoms with Crippen molar-refractivity contribution in [3.63, 3.8) is 0 Å². The normalized spacial score (nSPS) is 29.3. The van der Waals surface area contributed by atoms with Crippen molar-refractivity contribution in [1.82, 2.24) is 5.32 Å². The van der Waals surface area contributed by atoms with Crippen LogP contribution in [0.5, 0.6) is 0 Å². The monoisotopic (exact) mass is 171 g/mol. The third kappa shape index (κ3) is 1.96. The molecule has 0 aromatic heterocycles. The van der Waals surface area contributed by atoms with Gasteiger partial charge in [-0.3, -0.25) is 4.79 Å². The summed E-state index contributed by atoms with van der Waals surface area (Å²) in [4.78, 5) is 22.0. The van der Waals surface area contributed by atoms with E-state index in [0.29, 0.717) is 12.8 Å². The molecule has 1 aliphatic heterocycles. The Morgan fingerprint density at radius 2 is 2.33 bits per heavy atom. The molecule has 12 heavy (non-hydrogen) atoms. The third-order valence-electron chi connectivity index (χ3n) is 1.99. The lowest BCUT2D eigenvalue weighted by molar-refractivity contribution is -0.147. The lowest BCUT2D eigenvalue weighted by Crippen LogP contribution is -2.46. The Balaban J connectivity index is 2.55. The van der Waals surface area contributed by atoms with Gasteiger partial charge in [-0.15, -0.1) is 0 Å². The fraction of sp³-hybridized carbons (Fsp3) is 0.750. The summed E-state index contributed by atoms with van der Waals surface area (Å²) >= 11 is 0. The van der Waals surface area contributed by atoms with E-state index in [1.807, 2.05) is 6.92 Å². The number of ether oxygens (including phenoxy) is 1. The molecule has 2 unspecified atom stereocenters. The minimum Gasteiger partial charge on any atom is -0.467 e. The zero-order valence-corrected chi connectivity index (χ0v) is 7.29. The van der Waals surface area contributed by atoms with Gasteiger partial charge in [-0.05, 0) is 12.3 Å². The van der Waals surface area contributed by atoms with Crippen LogP contribution in [0.1, 0.15) is 19.8 Å². The lowest BCUT2D eigenvalue weighted by Gasteiger charge is -2.25. The zero-order valence-electron chi connectivity index (χ0n) is 7.29. The van der Waals surface area contributed by atoms with E-state index >= 15 is 0 Å². The quantitative estimate of drug-likeness (QED) is 0.568. The van der Waals surface area contributed by atoms with Crippen molar-refractivity contribution in [2.24, 2.45) is 5.92 Å². The summed E-state index contributed by atoms with van der Waals surface area (Å²) < 4.78 is 4.53. The van der Waals surface area contributed by atoms with Gasteiger partial charge in [0.1, 0.15) is 6.04 Å². The molecule has 0 aliphatic carbocycles. The van der Waals surface area contributed by atoms with Gasteiger partial charge >= 0.3 is 5.97 Å². The molecule has 1 amide bonds. The number of amides is 1. The van der Waals surface area contributed by atoms with Crippen molar-refractivity contribution in [3.8, 4) is 0 Å². The van der Waals surface area contributed by atoms with E-state index in [1.54, 1.807) is 0 Å². The fourth-order valence-electron chi connectivity index (χ4n) is 1.41. The molecule has 1 rings (SSSR count). The number of rotatable bonds is 1. The maximum Gasteiger partial charge on any atom is 0.328 e. The number of carbonyl (C=O) groups is 2. The van der Waals surface area contributed by atoms with Crippen LogP contribution in [0.15, 0.2) is 0 Å². The Hall–Kier alpha value is -1.06. The van der Waals surface area contributed by atoms with Crippen LogP contribution >= 0.6 is 0 Å². The Bertz CT molecular complexity index is 202. The van der Waals surface area contributed by atoms with Gasteiger partial charge in [-0.25, -0.2) is 4.79 Å². The van der Waals surface area contributed by atoms with Gasteiger partial charge in [0, 0.05) is 6.42 Å². The van der Waals surface area contributed by atoms with Gasteiger partial charge in [-0.2, -0.15) is 0 Å². The molecule has 0 saturated carbocycles. The van der Waals surface area contributed by atoms with Crippen molar-refractivity contribution in [2.75, 3.05) is 7.11 Å². The number of piperidine rings is 1. The van der Waals surface area contributed by atoms with Crippen LogP contribution in [-0.4, -0.2) is 25.0 Å². The maximum atomic E-state index is 11.0. The summed E-state index contributed by atoms with van der Waals surface area (Å²) in [5, 5.41) is 2.58. The molecule has 1 fully saturated rings. The van der Waals surface area contributed by atoms with Gasteiger partial charge in [0.2, 0.25) is 5.91 Å². The largest absolute Gasteiger partial charge is 0.467 e. The predicted octanol–water partition coefficient (Wildman–Crippen LogP) is 0.0741. The second-order valence-electron chi connectivity index (χ2n) is 3.19.